The molecule has 2 heterocycles. The SMILES string of the molecule is CSc1ccc2[nH]cc(CCN3CCCC3)c2c1Cl. The summed E-state index contributed by atoms with van der Waals surface area (Å²) >= 11 is 8.24. The van der Waals surface area contributed by atoms with Crippen LogP contribution >= 0.6 is 23.4 Å². The molecule has 0 aliphatic carbocycles. The molecule has 1 N–H and O–H groups in total. The fraction of sp³-hybridized carbons (Fsp3) is 0.467. The maximum absolute atomic E-state index is 6.53. The van der Waals surface area contributed by atoms with Crippen molar-refractivity contribution in [2.45, 2.75) is 24.2 Å². The van der Waals surface area contributed by atoms with Gasteiger partial charge in [-0.05, 0) is 56.3 Å². The van der Waals surface area contributed by atoms with Crippen LogP contribution in [0.4, 0.5) is 0 Å². The Kier molecular flexibility index (Phi) is 4.06. The number of nitrogens with one attached hydrogen (secondary N) is 1. The molecule has 0 saturated carbocycles. The molecule has 0 atom stereocenters. The van der Waals surface area contributed by atoms with Gasteiger partial charge >= 0.3 is 0 Å². The third kappa shape index (κ3) is 2.64. The average Bonchev–Trinajstić information content (AvgIpc) is 3.06. The van der Waals surface area contributed by atoms with E-state index in [0.717, 1.165) is 28.4 Å². The highest BCUT2D eigenvalue weighted by Crippen LogP contribution is 2.34. The first-order valence-electron chi connectivity index (χ1n) is 6.84. The van der Waals surface area contributed by atoms with Crippen molar-refractivity contribution in [1.82, 2.24) is 9.88 Å². The van der Waals surface area contributed by atoms with Gasteiger partial charge < -0.3 is 9.88 Å². The van der Waals surface area contributed by atoms with Gasteiger partial charge in [0.15, 0.2) is 0 Å². The number of H-pyrrole nitrogens is 1. The molecule has 19 heavy (non-hydrogen) atoms. The summed E-state index contributed by atoms with van der Waals surface area (Å²) in [5.41, 5.74) is 2.50. The third-order valence-electron chi connectivity index (χ3n) is 3.95. The zero-order valence-corrected chi connectivity index (χ0v) is 12.8. The highest BCUT2D eigenvalue weighted by molar-refractivity contribution is 7.98. The number of likely N-dealkylation sites (tertiary alicyclic amines) is 1. The molecular formula is C15H19ClN2S. The lowest BCUT2D eigenvalue weighted by Crippen LogP contribution is -2.21. The molecule has 1 fully saturated rings. The van der Waals surface area contributed by atoms with Gasteiger partial charge in [-0.1, -0.05) is 11.6 Å². The van der Waals surface area contributed by atoms with Crippen molar-refractivity contribution in [2.75, 3.05) is 25.9 Å². The first-order valence-corrected chi connectivity index (χ1v) is 8.44. The minimum Gasteiger partial charge on any atom is -0.361 e. The molecule has 102 valence electrons. The van der Waals surface area contributed by atoms with Gasteiger partial charge in [0, 0.05) is 28.5 Å². The van der Waals surface area contributed by atoms with Crippen LogP contribution in [0.3, 0.4) is 0 Å². The van der Waals surface area contributed by atoms with Crippen LogP contribution in [-0.2, 0) is 6.42 Å². The minimum atomic E-state index is 0.905. The number of thioether (sulfide) groups is 1. The van der Waals surface area contributed by atoms with E-state index >= 15 is 0 Å². The van der Waals surface area contributed by atoms with Crippen molar-refractivity contribution >= 4 is 34.3 Å². The van der Waals surface area contributed by atoms with Gasteiger partial charge in [-0.25, -0.2) is 0 Å². The summed E-state index contributed by atoms with van der Waals surface area (Å²) in [5, 5.41) is 2.12. The van der Waals surface area contributed by atoms with E-state index in [1.807, 2.05) is 0 Å². The molecule has 0 amide bonds. The van der Waals surface area contributed by atoms with E-state index in [-0.39, 0.29) is 0 Å². The fourth-order valence-electron chi connectivity index (χ4n) is 2.87. The molecule has 1 aliphatic heterocycles. The second-order valence-electron chi connectivity index (χ2n) is 5.12. The van der Waals surface area contributed by atoms with Crippen LogP contribution in [0.1, 0.15) is 18.4 Å². The standard InChI is InChI=1S/C15H19ClN2S/c1-19-13-5-4-12-14(15(13)16)11(10-17-12)6-9-18-7-2-3-8-18/h4-5,10,17H,2-3,6-9H2,1H3. The van der Waals surface area contributed by atoms with Crippen LogP contribution in [0.5, 0.6) is 0 Å². The van der Waals surface area contributed by atoms with E-state index < -0.39 is 0 Å². The van der Waals surface area contributed by atoms with Crippen molar-refractivity contribution in [1.29, 1.82) is 0 Å². The topological polar surface area (TPSA) is 19.0 Å². The van der Waals surface area contributed by atoms with Crippen LogP contribution < -0.4 is 0 Å². The zero-order valence-electron chi connectivity index (χ0n) is 11.2. The summed E-state index contributed by atoms with van der Waals surface area (Å²) in [7, 11) is 0. The number of fused-ring (bicyclic) bond motifs is 1. The van der Waals surface area contributed by atoms with E-state index in [9.17, 15) is 0 Å². The van der Waals surface area contributed by atoms with Crippen LogP contribution in [0, 0.1) is 0 Å². The number of rotatable bonds is 4. The molecule has 0 bridgehead atoms. The Bertz CT molecular complexity index is 573. The lowest BCUT2D eigenvalue weighted by molar-refractivity contribution is 0.344. The normalized spacial score (nSPS) is 16.5. The first kappa shape index (κ1) is 13.3. The summed E-state index contributed by atoms with van der Waals surface area (Å²) in [6.07, 6.45) is 7.98. The van der Waals surface area contributed by atoms with Gasteiger partial charge in [-0.2, -0.15) is 0 Å². The Morgan fingerprint density at radius 2 is 2.11 bits per heavy atom. The molecule has 1 saturated heterocycles. The second kappa shape index (κ2) is 5.78. The molecule has 2 aromatic rings. The lowest BCUT2D eigenvalue weighted by atomic mass is 10.1. The minimum absolute atomic E-state index is 0.905. The van der Waals surface area contributed by atoms with Crippen molar-refractivity contribution < 1.29 is 0 Å². The van der Waals surface area contributed by atoms with Crippen molar-refractivity contribution in [3.05, 3.63) is 28.9 Å². The monoisotopic (exact) mass is 294 g/mol. The summed E-state index contributed by atoms with van der Waals surface area (Å²) in [6, 6.07) is 4.22. The van der Waals surface area contributed by atoms with Crippen LogP contribution in [0.2, 0.25) is 5.02 Å². The van der Waals surface area contributed by atoms with E-state index in [2.05, 4.69) is 34.5 Å². The Morgan fingerprint density at radius 3 is 2.84 bits per heavy atom. The highest BCUT2D eigenvalue weighted by Gasteiger charge is 2.14. The summed E-state index contributed by atoms with van der Waals surface area (Å²) in [6.45, 7) is 3.66. The molecule has 2 nitrogen and oxygen atoms in total. The Labute approximate surface area is 123 Å². The van der Waals surface area contributed by atoms with Crippen molar-refractivity contribution in [3.8, 4) is 0 Å². The number of benzene rings is 1. The Morgan fingerprint density at radius 1 is 1.32 bits per heavy atom. The highest BCUT2D eigenvalue weighted by atomic mass is 35.5. The molecular weight excluding hydrogens is 276 g/mol. The largest absolute Gasteiger partial charge is 0.361 e. The molecule has 3 rings (SSSR count). The fourth-order valence-corrected chi connectivity index (χ4v) is 3.87. The van der Waals surface area contributed by atoms with E-state index in [0.29, 0.717) is 0 Å². The van der Waals surface area contributed by atoms with Crippen LogP contribution in [-0.4, -0.2) is 35.8 Å². The van der Waals surface area contributed by atoms with E-state index in [4.69, 9.17) is 11.6 Å². The van der Waals surface area contributed by atoms with E-state index in [1.54, 1.807) is 11.8 Å². The maximum atomic E-state index is 6.53. The number of halogens is 1. The third-order valence-corrected chi connectivity index (χ3v) is 5.23. The number of aromatic amines is 1. The molecule has 4 heteroatoms. The van der Waals surface area contributed by atoms with Gasteiger partial charge in [0.1, 0.15) is 0 Å². The summed E-state index contributed by atoms with van der Waals surface area (Å²) in [4.78, 5) is 7.05. The molecule has 0 radical (unpaired) electrons. The Hall–Kier alpha value is -0.640. The maximum Gasteiger partial charge on any atom is 0.0638 e. The molecule has 1 aliphatic rings. The zero-order chi connectivity index (χ0) is 13.2. The number of hydrogen-bond acceptors (Lipinski definition) is 2. The van der Waals surface area contributed by atoms with Crippen molar-refractivity contribution in [3.63, 3.8) is 0 Å². The van der Waals surface area contributed by atoms with Gasteiger partial charge in [0.25, 0.3) is 0 Å². The molecule has 0 unspecified atom stereocenters. The summed E-state index contributed by atoms with van der Waals surface area (Å²) < 4.78 is 0. The second-order valence-corrected chi connectivity index (χ2v) is 6.34. The predicted molar refractivity (Wildman–Crippen MR) is 84.5 cm³/mol. The van der Waals surface area contributed by atoms with Crippen molar-refractivity contribution in [2.24, 2.45) is 0 Å². The lowest BCUT2D eigenvalue weighted by Gasteiger charge is -2.14. The van der Waals surface area contributed by atoms with E-state index in [1.165, 1.54) is 36.9 Å². The van der Waals surface area contributed by atoms with Gasteiger partial charge in [-0.15, -0.1) is 11.8 Å². The van der Waals surface area contributed by atoms with Crippen LogP contribution in [0.15, 0.2) is 23.2 Å². The first-order chi connectivity index (χ1) is 9.29. The van der Waals surface area contributed by atoms with Crippen LogP contribution in [0.25, 0.3) is 10.9 Å². The van der Waals surface area contributed by atoms with Gasteiger partial charge in [-0.3, -0.25) is 0 Å². The number of aromatic nitrogens is 1. The average molecular weight is 295 g/mol. The summed E-state index contributed by atoms with van der Waals surface area (Å²) in [5.74, 6) is 0. The molecule has 1 aromatic heterocycles. The van der Waals surface area contributed by atoms with Gasteiger partial charge in [0.05, 0.1) is 5.02 Å². The molecule has 1 aromatic carbocycles. The smallest absolute Gasteiger partial charge is 0.0638 e. The number of hydrogen-bond donors (Lipinski definition) is 1. The number of nitrogens with zero attached hydrogens (tertiary/aromatic N) is 1. The Balaban J connectivity index is 1.86. The molecule has 0 spiro atoms. The predicted octanol–water partition coefficient (Wildman–Crippen LogP) is 4.18. The van der Waals surface area contributed by atoms with Gasteiger partial charge in [0.2, 0.25) is 0 Å². The quantitative estimate of drug-likeness (QED) is 0.853.